The van der Waals surface area contributed by atoms with Gasteiger partial charge in [-0.3, -0.25) is 14.5 Å². The fourth-order valence-corrected chi connectivity index (χ4v) is 2.57. The number of amides is 1. The van der Waals surface area contributed by atoms with Crippen molar-refractivity contribution in [3.8, 4) is 11.3 Å². The first-order valence-corrected chi connectivity index (χ1v) is 7.79. The number of thiazole rings is 1. The summed E-state index contributed by atoms with van der Waals surface area (Å²) in [5, 5.41) is 13.3. The molecule has 1 aromatic heterocycles. The van der Waals surface area contributed by atoms with Crippen molar-refractivity contribution in [2.45, 2.75) is 13.0 Å². The first kappa shape index (κ1) is 18.0. The summed E-state index contributed by atoms with van der Waals surface area (Å²) in [6.45, 7) is 1.35. The van der Waals surface area contributed by atoms with E-state index in [0.29, 0.717) is 11.3 Å². The van der Waals surface area contributed by atoms with Crippen molar-refractivity contribution >= 4 is 28.3 Å². The van der Waals surface area contributed by atoms with E-state index in [1.54, 1.807) is 5.38 Å². The van der Waals surface area contributed by atoms with Crippen LogP contribution < -0.4 is 5.32 Å². The second kappa shape index (κ2) is 7.45. The molecule has 128 valence electrons. The van der Waals surface area contributed by atoms with Gasteiger partial charge in [-0.1, -0.05) is 0 Å². The number of aromatic nitrogens is 1. The zero-order chi connectivity index (χ0) is 17.9. The van der Waals surface area contributed by atoms with Crippen LogP contribution in [0.2, 0.25) is 0 Å². The van der Waals surface area contributed by atoms with Crippen LogP contribution in [0.4, 0.5) is 13.9 Å². The Balaban J connectivity index is 2.02. The Morgan fingerprint density at radius 3 is 2.71 bits per heavy atom. The third-order valence-electron chi connectivity index (χ3n) is 3.38. The molecule has 0 fully saturated rings. The maximum Gasteiger partial charge on any atom is 0.320 e. The van der Waals surface area contributed by atoms with E-state index in [0.717, 1.165) is 23.5 Å². The minimum absolute atomic E-state index is 0.118. The predicted octanol–water partition coefficient (Wildman–Crippen LogP) is 2.43. The number of carboxylic acids is 1. The topological polar surface area (TPSA) is 82.5 Å². The number of nitrogens with one attached hydrogen (secondary N) is 1. The Labute approximate surface area is 140 Å². The van der Waals surface area contributed by atoms with Crippen molar-refractivity contribution in [3.63, 3.8) is 0 Å². The Morgan fingerprint density at radius 1 is 1.38 bits per heavy atom. The van der Waals surface area contributed by atoms with Crippen LogP contribution in [0.15, 0.2) is 23.6 Å². The molecule has 0 saturated heterocycles. The Hall–Kier alpha value is -2.39. The molecular formula is C15H15F2N3O3S. The average Bonchev–Trinajstić information content (AvgIpc) is 2.97. The van der Waals surface area contributed by atoms with Crippen LogP contribution in [0.25, 0.3) is 11.3 Å². The number of carbonyl (C=O) groups is 2. The summed E-state index contributed by atoms with van der Waals surface area (Å²) in [5.74, 6) is -3.37. The third kappa shape index (κ3) is 4.33. The minimum Gasteiger partial charge on any atom is -0.480 e. The summed E-state index contributed by atoms with van der Waals surface area (Å²) in [5.41, 5.74) is 0.795. The molecule has 2 rings (SSSR count). The summed E-state index contributed by atoms with van der Waals surface area (Å²) in [6, 6.07) is 2.62. The first-order valence-electron chi connectivity index (χ1n) is 6.91. The summed E-state index contributed by atoms with van der Waals surface area (Å²) in [6.07, 6.45) is 0. The number of benzene rings is 1. The lowest BCUT2D eigenvalue weighted by Gasteiger charge is -2.19. The molecule has 1 aromatic carbocycles. The molecule has 0 radical (unpaired) electrons. The van der Waals surface area contributed by atoms with Gasteiger partial charge < -0.3 is 10.4 Å². The number of hydrogen-bond acceptors (Lipinski definition) is 5. The van der Waals surface area contributed by atoms with Crippen molar-refractivity contribution in [1.29, 1.82) is 0 Å². The van der Waals surface area contributed by atoms with Crippen LogP contribution in [0, 0.1) is 11.6 Å². The molecule has 2 aromatic rings. The highest BCUT2D eigenvalue weighted by Gasteiger charge is 2.19. The molecule has 24 heavy (non-hydrogen) atoms. The van der Waals surface area contributed by atoms with E-state index in [4.69, 9.17) is 5.11 Å². The zero-order valence-corrected chi connectivity index (χ0v) is 13.7. The van der Waals surface area contributed by atoms with Crippen molar-refractivity contribution in [2.24, 2.45) is 0 Å². The van der Waals surface area contributed by atoms with Gasteiger partial charge >= 0.3 is 5.97 Å². The van der Waals surface area contributed by atoms with E-state index < -0.39 is 29.6 Å². The maximum atomic E-state index is 13.2. The Morgan fingerprint density at radius 2 is 2.08 bits per heavy atom. The molecule has 0 aliphatic carbocycles. The number of hydrogen-bond donors (Lipinski definition) is 2. The van der Waals surface area contributed by atoms with Crippen molar-refractivity contribution < 1.29 is 23.5 Å². The molecule has 6 nitrogen and oxygen atoms in total. The van der Waals surface area contributed by atoms with Crippen LogP contribution >= 0.6 is 11.3 Å². The van der Waals surface area contributed by atoms with E-state index >= 15 is 0 Å². The lowest BCUT2D eigenvalue weighted by Crippen LogP contribution is -2.40. The highest BCUT2D eigenvalue weighted by molar-refractivity contribution is 7.14. The Kier molecular flexibility index (Phi) is 5.58. The number of nitrogens with zero attached hydrogens (tertiary/aromatic N) is 2. The average molecular weight is 355 g/mol. The van der Waals surface area contributed by atoms with Gasteiger partial charge in [0.2, 0.25) is 5.91 Å². The normalized spacial score (nSPS) is 12.2. The standard InChI is InChI=1S/C15H15F2N3O3S/c1-8(14(22)23)20(2)6-13(21)19-15-18-12(7-24-15)9-3-4-10(16)11(17)5-9/h3-5,7-8H,6H2,1-2H3,(H,22,23)(H,18,19,21). The fraction of sp³-hybridized carbons (Fsp3) is 0.267. The number of carbonyl (C=O) groups excluding carboxylic acids is 1. The molecular weight excluding hydrogens is 340 g/mol. The quantitative estimate of drug-likeness (QED) is 0.832. The van der Waals surface area contributed by atoms with Gasteiger partial charge in [0.1, 0.15) is 6.04 Å². The summed E-state index contributed by atoms with van der Waals surface area (Å²) in [4.78, 5) is 28.3. The van der Waals surface area contributed by atoms with Crippen LogP contribution in [0.5, 0.6) is 0 Å². The molecule has 0 saturated carbocycles. The van der Waals surface area contributed by atoms with Crippen molar-refractivity contribution in [3.05, 3.63) is 35.2 Å². The number of halogens is 2. The van der Waals surface area contributed by atoms with Gasteiger partial charge in [-0.05, 0) is 32.2 Å². The lowest BCUT2D eigenvalue weighted by molar-refractivity contribution is -0.142. The zero-order valence-electron chi connectivity index (χ0n) is 12.9. The van der Waals surface area contributed by atoms with E-state index in [2.05, 4.69) is 10.3 Å². The van der Waals surface area contributed by atoms with E-state index in [-0.39, 0.29) is 11.7 Å². The highest BCUT2D eigenvalue weighted by atomic mass is 32.1. The Bertz CT molecular complexity index is 766. The van der Waals surface area contributed by atoms with Gasteiger partial charge in [-0.15, -0.1) is 11.3 Å². The smallest absolute Gasteiger partial charge is 0.320 e. The van der Waals surface area contributed by atoms with Gasteiger partial charge in [-0.2, -0.15) is 0 Å². The number of anilines is 1. The minimum atomic E-state index is -1.03. The van der Waals surface area contributed by atoms with Gasteiger partial charge in [0.25, 0.3) is 0 Å². The van der Waals surface area contributed by atoms with E-state index in [1.807, 2.05) is 0 Å². The summed E-state index contributed by atoms with van der Waals surface area (Å²) in [7, 11) is 1.52. The molecule has 1 unspecified atom stereocenters. The second-order valence-corrected chi connectivity index (χ2v) is 6.00. The van der Waals surface area contributed by atoms with Gasteiger partial charge in [-0.25, -0.2) is 13.8 Å². The molecule has 9 heteroatoms. The van der Waals surface area contributed by atoms with Crippen molar-refractivity contribution in [2.75, 3.05) is 18.9 Å². The van der Waals surface area contributed by atoms with Crippen LogP contribution in [-0.2, 0) is 9.59 Å². The molecule has 1 heterocycles. The number of rotatable bonds is 6. The maximum absolute atomic E-state index is 13.2. The number of carboxylic acid groups (broad SMARTS) is 1. The lowest BCUT2D eigenvalue weighted by atomic mass is 10.2. The van der Waals surface area contributed by atoms with E-state index in [9.17, 15) is 18.4 Å². The molecule has 0 bridgehead atoms. The van der Waals surface area contributed by atoms with E-state index in [1.165, 1.54) is 24.9 Å². The number of likely N-dealkylation sites (N-methyl/N-ethyl adjacent to an activating group) is 1. The fourth-order valence-electron chi connectivity index (χ4n) is 1.83. The predicted molar refractivity (Wildman–Crippen MR) is 85.8 cm³/mol. The highest BCUT2D eigenvalue weighted by Crippen LogP contribution is 2.26. The number of aliphatic carboxylic acids is 1. The van der Waals surface area contributed by atoms with Gasteiger partial charge in [0, 0.05) is 10.9 Å². The molecule has 1 amide bonds. The molecule has 2 N–H and O–H groups in total. The third-order valence-corrected chi connectivity index (χ3v) is 4.14. The summed E-state index contributed by atoms with van der Waals surface area (Å²) >= 11 is 1.13. The largest absolute Gasteiger partial charge is 0.480 e. The van der Waals surface area contributed by atoms with Crippen LogP contribution in [0.1, 0.15) is 6.92 Å². The van der Waals surface area contributed by atoms with Crippen LogP contribution in [-0.4, -0.2) is 46.5 Å². The summed E-state index contributed by atoms with van der Waals surface area (Å²) < 4.78 is 26.2. The molecule has 1 atom stereocenters. The molecule has 0 aliphatic rings. The van der Waals surface area contributed by atoms with Crippen molar-refractivity contribution in [1.82, 2.24) is 9.88 Å². The van der Waals surface area contributed by atoms with Gasteiger partial charge in [0.15, 0.2) is 16.8 Å². The van der Waals surface area contributed by atoms with Crippen LogP contribution in [0.3, 0.4) is 0 Å². The molecule has 0 spiro atoms. The first-order chi connectivity index (χ1) is 11.3. The monoisotopic (exact) mass is 355 g/mol. The SMILES string of the molecule is CC(C(=O)O)N(C)CC(=O)Nc1nc(-c2ccc(F)c(F)c2)cs1. The molecule has 0 aliphatic heterocycles. The van der Waals surface area contributed by atoms with Gasteiger partial charge in [0.05, 0.1) is 12.2 Å². The second-order valence-electron chi connectivity index (χ2n) is 5.14.